The van der Waals surface area contributed by atoms with Gasteiger partial charge in [-0.3, -0.25) is 10.1 Å². The standard InChI is InChI=1S/C17H13N3O3/c21-20(22)16-7-4-12-18-17(16)23-15-10-8-14(9-11-15)19-13-5-2-1-3-6-13/h1-12,19H. The molecule has 0 unspecified atom stereocenters. The number of rotatable bonds is 5. The zero-order chi connectivity index (χ0) is 16.1. The third-order valence-corrected chi connectivity index (χ3v) is 3.08. The maximum atomic E-state index is 10.9. The van der Waals surface area contributed by atoms with Crippen molar-refractivity contribution in [3.05, 3.63) is 83.0 Å². The largest absolute Gasteiger partial charge is 0.434 e. The van der Waals surface area contributed by atoms with E-state index in [4.69, 9.17) is 4.74 Å². The molecule has 3 aromatic rings. The molecule has 0 saturated heterocycles. The Bertz CT molecular complexity index is 805. The summed E-state index contributed by atoms with van der Waals surface area (Å²) in [6.07, 6.45) is 1.45. The van der Waals surface area contributed by atoms with Crippen molar-refractivity contribution < 1.29 is 9.66 Å². The number of nitro groups is 1. The van der Waals surface area contributed by atoms with Crippen LogP contribution in [0.25, 0.3) is 0 Å². The van der Waals surface area contributed by atoms with Crippen LogP contribution in [-0.2, 0) is 0 Å². The van der Waals surface area contributed by atoms with Crippen LogP contribution in [0.3, 0.4) is 0 Å². The van der Waals surface area contributed by atoms with Gasteiger partial charge in [0.05, 0.1) is 4.92 Å². The molecule has 3 rings (SSSR count). The monoisotopic (exact) mass is 307 g/mol. The second kappa shape index (κ2) is 6.57. The molecule has 0 spiro atoms. The molecule has 0 bridgehead atoms. The topological polar surface area (TPSA) is 77.3 Å². The first-order valence-electron chi connectivity index (χ1n) is 6.92. The Hall–Kier alpha value is -3.41. The minimum Gasteiger partial charge on any atom is -0.434 e. The van der Waals surface area contributed by atoms with Gasteiger partial charge in [0.15, 0.2) is 0 Å². The van der Waals surface area contributed by atoms with Crippen molar-refractivity contribution in [3.63, 3.8) is 0 Å². The van der Waals surface area contributed by atoms with Crippen molar-refractivity contribution in [2.75, 3.05) is 5.32 Å². The lowest BCUT2D eigenvalue weighted by atomic mass is 10.2. The molecule has 1 N–H and O–H groups in total. The Kier molecular flexibility index (Phi) is 4.15. The van der Waals surface area contributed by atoms with Crippen LogP contribution in [-0.4, -0.2) is 9.91 Å². The SMILES string of the molecule is O=[N+]([O-])c1cccnc1Oc1ccc(Nc2ccccc2)cc1. The van der Waals surface area contributed by atoms with Crippen LogP contribution in [0.4, 0.5) is 17.1 Å². The second-order valence-electron chi connectivity index (χ2n) is 4.70. The lowest BCUT2D eigenvalue weighted by Crippen LogP contribution is -1.95. The smallest absolute Gasteiger partial charge is 0.331 e. The highest BCUT2D eigenvalue weighted by Crippen LogP contribution is 2.29. The van der Waals surface area contributed by atoms with Gasteiger partial charge in [0.1, 0.15) is 5.75 Å². The molecule has 0 aliphatic heterocycles. The van der Waals surface area contributed by atoms with Crippen molar-refractivity contribution in [2.24, 2.45) is 0 Å². The molecular formula is C17H13N3O3. The number of hydrogen-bond acceptors (Lipinski definition) is 5. The molecule has 23 heavy (non-hydrogen) atoms. The fraction of sp³-hybridized carbons (Fsp3) is 0. The minimum absolute atomic E-state index is 0.0266. The summed E-state index contributed by atoms with van der Waals surface area (Å²) in [6.45, 7) is 0. The van der Waals surface area contributed by atoms with E-state index < -0.39 is 4.92 Å². The molecule has 0 saturated carbocycles. The summed E-state index contributed by atoms with van der Waals surface area (Å²) >= 11 is 0. The summed E-state index contributed by atoms with van der Waals surface area (Å²) in [5, 5.41) is 14.2. The van der Waals surface area contributed by atoms with Gasteiger partial charge < -0.3 is 10.1 Å². The molecule has 6 heteroatoms. The Labute approximate surface area is 132 Å². The molecule has 114 valence electrons. The number of nitrogens with one attached hydrogen (secondary N) is 1. The molecule has 0 amide bonds. The third-order valence-electron chi connectivity index (χ3n) is 3.08. The van der Waals surface area contributed by atoms with Crippen molar-refractivity contribution in [2.45, 2.75) is 0 Å². The second-order valence-corrected chi connectivity index (χ2v) is 4.70. The first kappa shape index (κ1) is 14.5. The fourth-order valence-corrected chi connectivity index (χ4v) is 2.01. The highest BCUT2D eigenvalue weighted by molar-refractivity contribution is 5.60. The van der Waals surface area contributed by atoms with Gasteiger partial charge in [-0.2, -0.15) is 0 Å². The summed E-state index contributed by atoms with van der Waals surface area (Å²) < 4.78 is 5.50. The predicted octanol–water partition coefficient (Wildman–Crippen LogP) is 4.53. The zero-order valence-corrected chi connectivity index (χ0v) is 12.0. The van der Waals surface area contributed by atoms with E-state index in [1.165, 1.54) is 18.3 Å². The first-order valence-corrected chi connectivity index (χ1v) is 6.92. The van der Waals surface area contributed by atoms with Crippen molar-refractivity contribution in [1.29, 1.82) is 0 Å². The Balaban J connectivity index is 1.74. The first-order chi connectivity index (χ1) is 11.2. The number of nitrogens with zero attached hydrogens (tertiary/aromatic N) is 2. The number of anilines is 2. The van der Waals surface area contributed by atoms with E-state index in [1.54, 1.807) is 12.1 Å². The molecular weight excluding hydrogens is 294 g/mol. The third kappa shape index (κ3) is 3.62. The average molecular weight is 307 g/mol. The predicted molar refractivity (Wildman–Crippen MR) is 87.1 cm³/mol. The Morgan fingerprint density at radius 1 is 0.913 bits per heavy atom. The maximum absolute atomic E-state index is 10.9. The molecule has 1 heterocycles. The molecule has 0 aliphatic rings. The van der Waals surface area contributed by atoms with Crippen LogP contribution in [0.5, 0.6) is 11.6 Å². The summed E-state index contributed by atoms with van der Waals surface area (Å²) in [5.41, 5.74) is 1.69. The number of para-hydroxylation sites is 1. The molecule has 2 aromatic carbocycles. The van der Waals surface area contributed by atoms with Crippen LogP contribution in [0.1, 0.15) is 0 Å². The van der Waals surface area contributed by atoms with E-state index in [-0.39, 0.29) is 11.6 Å². The van der Waals surface area contributed by atoms with Crippen LogP contribution in [0, 0.1) is 10.1 Å². The molecule has 0 aliphatic carbocycles. The van der Waals surface area contributed by atoms with Gasteiger partial charge in [-0.1, -0.05) is 18.2 Å². The summed E-state index contributed by atoms with van der Waals surface area (Å²) in [5.74, 6) is 0.451. The van der Waals surface area contributed by atoms with Crippen LogP contribution >= 0.6 is 0 Å². The maximum Gasteiger partial charge on any atom is 0.331 e. The molecule has 0 atom stereocenters. The van der Waals surface area contributed by atoms with E-state index in [2.05, 4.69) is 10.3 Å². The number of ether oxygens (including phenoxy) is 1. The molecule has 1 aromatic heterocycles. The Morgan fingerprint density at radius 2 is 1.61 bits per heavy atom. The van der Waals surface area contributed by atoms with Crippen LogP contribution < -0.4 is 10.1 Å². The van der Waals surface area contributed by atoms with Crippen LogP contribution in [0.15, 0.2) is 72.9 Å². The zero-order valence-electron chi connectivity index (χ0n) is 12.0. The lowest BCUT2D eigenvalue weighted by Gasteiger charge is -2.08. The van der Waals surface area contributed by atoms with Gasteiger partial charge in [0.25, 0.3) is 5.88 Å². The van der Waals surface area contributed by atoms with Gasteiger partial charge in [-0.15, -0.1) is 0 Å². The number of hydrogen-bond donors (Lipinski definition) is 1. The van der Waals surface area contributed by atoms with E-state index in [0.29, 0.717) is 5.75 Å². The number of pyridine rings is 1. The summed E-state index contributed by atoms with van der Waals surface area (Å²) in [6, 6.07) is 19.7. The van der Waals surface area contributed by atoms with Gasteiger partial charge in [0, 0.05) is 23.6 Å². The minimum atomic E-state index is -0.520. The van der Waals surface area contributed by atoms with Crippen LogP contribution in [0.2, 0.25) is 0 Å². The summed E-state index contributed by atoms with van der Waals surface area (Å²) in [4.78, 5) is 14.3. The normalized spacial score (nSPS) is 10.1. The highest BCUT2D eigenvalue weighted by atomic mass is 16.6. The number of benzene rings is 2. The lowest BCUT2D eigenvalue weighted by molar-refractivity contribution is -0.386. The number of aromatic nitrogens is 1. The molecule has 0 fully saturated rings. The van der Waals surface area contributed by atoms with E-state index in [0.717, 1.165) is 11.4 Å². The highest BCUT2D eigenvalue weighted by Gasteiger charge is 2.16. The van der Waals surface area contributed by atoms with E-state index in [1.807, 2.05) is 42.5 Å². The van der Waals surface area contributed by atoms with Gasteiger partial charge in [0.2, 0.25) is 0 Å². The van der Waals surface area contributed by atoms with Gasteiger partial charge in [-0.25, -0.2) is 4.98 Å². The summed E-state index contributed by atoms with van der Waals surface area (Å²) in [7, 11) is 0. The fourth-order valence-electron chi connectivity index (χ4n) is 2.01. The molecule has 0 radical (unpaired) electrons. The Morgan fingerprint density at radius 3 is 2.30 bits per heavy atom. The molecule has 6 nitrogen and oxygen atoms in total. The average Bonchev–Trinajstić information content (AvgIpc) is 2.58. The van der Waals surface area contributed by atoms with Crippen molar-refractivity contribution in [3.8, 4) is 11.6 Å². The van der Waals surface area contributed by atoms with E-state index >= 15 is 0 Å². The van der Waals surface area contributed by atoms with Gasteiger partial charge in [-0.05, 0) is 42.5 Å². The van der Waals surface area contributed by atoms with Crippen molar-refractivity contribution in [1.82, 2.24) is 4.98 Å². The van der Waals surface area contributed by atoms with Crippen molar-refractivity contribution >= 4 is 17.1 Å². The van der Waals surface area contributed by atoms with Gasteiger partial charge >= 0.3 is 5.69 Å². The van der Waals surface area contributed by atoms with E-state index in [9.17, 15) is 10.1 Å². The quantitative estimate of drug-likeness (QED) is 0.553.